The summed E-state index contributed by atoms with van der Waals surface area (Å²) in [6.07, 6.45) is 3.19. The zero-order valence-electron chi connectivity index (χ0n) is 16.8. The van der Waals surface area contributed by atoms with Crippen LogP contribution in [-0.4, -0.2) is 24.1 Å². The summed E-state index contributed by atoms with van der Waals surface area (Å²) < 4.78 is 49.2. The Bertz CT molecular complexity index is 1330. The van der Waals surface area contributed by atoms with Crippen LogP contribution in [0.25, 0.3) is 11.5 Å². The number of hydrogen-bond donors (Lipinski definition) is 1. The first-order valence-corrected chi connectivity index (χ1v) is 9.75. The average molecular weight is 465 g/mol. The Labute approximate surface area is 184 Å². The van der Waals surface area contributed by atoms with Crippen LogP contribution in [0, 0.1) is 11.6 Å². The van der Waals surface area contributed by atoms with Crippen LogP contribution in [0.4, 0.5) is 19.1 Å². The minimum Gasteiger partial charge on any atom is -0.416 e. The van der Waals surface area contributed by atoms with Crippen molar-refractivity contribution in [3.8, 4) is 11.5 Å². The van der Waals surface area contributed by atoms with Crippen molar-refractivity contribution in [1.29, 1.82) is 0 Å². The van der Waals surface area contributed by atoms with E-state index in [0.29, 0.717) is 10.3 Å². The molecule has 32 heavy (non-hydrogen) atoms. The van der Waals surface area contributed by atoms with E-state index in [-0.39, 0.29) is 22.4 Å². The van der Waals surface area contributed by atoms with Crippen LogP contribution in [0.5, 0.6) is 0 Å². The summed E-state index contributed by atoms with van der Waals surface area (Å²) in [6, 6.07) is 3.78. The normalized spacial score (nSPS) is 13.2. The van der Waals surface area contributed by atoms with E-state index in [0.717, 1.165) is 12.5 Å². The fraction of sp³-hybridized carbons (Fsp3) is 0.200. The number of hydrogen-bond acceptors (Lipinski definition) is 6. The largest absolute Gasteiger partial charge is 0.425 e. The molecule has 166 valence electrons. The fourth-order valence-corrected chi connectivity index (χ4v) is 3.20. The standard InChI is InChI=1S/C20H16ClF3N6O2/c1-10(22)17-8-32-20(31)30(17)18-14(24)6-25-19(28-18)27-11(2)15-7-29(9-26-15)16-4-3-12(21)5-13(16)23/h3-11H,1-2H3,(H,25,27,28)/t10-,11-/m0/s1. The van der Waals surface area contributed by atoms with Gasteiger partial charge in [-0.1, -0.05) is 11.6 Å². The Morgan fingerprint density at radius 2 is 1.97 bits per heavy atom. The molecule has 8 nitrogen and oxygen atoms in total. The summed E-state index contributed by atoms with van der Waals surface area (Å²) in [5, 5.41) is 3.20. The van der Waals surface area contributed by atoms with Crippen molar-refractivity contribution in [3.05, 3.63) is 81.8 Å². The Morgan fingerprint density at radius 1 is 1.19 bits per heavy atom. The Morgan fingerprint density at radius 3 is 2.69 bits per heavy atom. The molecule has 0 saturated carbocycles. The van der Waals surface area contributed by atoms with Gasteiger partial charge in [0, 0.05) is 11.2 Å². The van der Waals surface area contributed by atoms with Gasteiger partial charge >= 0.3 is 5.76 Å². The first-order valence-electron chi connectivity index (χ1n) is 9.38. The number of benzene rings is 1. The molecular formula is C20H16ClF3N6O2. The van der Waals surface area contributed by atoms with Gasteiger partial charge in [0.25, 0.3) is 0 Å². The van der Waals surface area contributed by atoms with E-state index in [1.165, 1.54) is 30.0 Å². The molecule has 4 rings (SSSR count). The predicted octanol–water partition coefficient (Wildman–Crippen LogP) is 4.54. The molecule has 0 saturated heterocycles. The number of alkyl halides is 1. The Hall–Kier alpha value is -3.60. The van der Waals surface area contributed by atoms with Gasteiger partial charge in [-0.25, -0.2) is 32.5 Å². The summed E-state index contributed by atoms with van der Waals surface area (Å²) in [4.78, 5) is 24.1. The van der Waals surface area contributed by atoms with Gasteiger partial charge in [0.05, 0.1) is 29.9 Å². The van der Waals surface area contributed by atoms with E-state index >= 15 is 0 Å². The molecular weight excluding hydrogens is 449 g/mol. The third-order valence-electron chi connectivity index (χ3n) is 4.65. The van der Waals surface area contributed by atoms with Crippen LogP contribution in [0.2, 0.25) is 5.02 Å². The van der Waals surface area contributed by atoms with E-state index in [4.69, 9.17) is 11.6 Å². The Balaban J connectivity index is 1.61. The highest BCUT2D eigenvalue weighted by Crippen LogP contribution is 2.23. The summed E-state index contributed by atoms with van der Waals surface area (Å²) >= 11 is 5.78. The molecule has 3 heterocycles. The van der Waals surface area contributed by atoms with E-state index in [1.807, 2.05) is 0 Å². The second kappa shape index (κ2) is 8.50. The van der Waals surface area contributed by atoms with Crippen molar-refractivity contribution in [2.75, 3.05) is 5.32 Å². The lowest BCUT2D eigenvalue weighted by Crippen LogP contribution is -2.20. The highest BCUT2D eigenvalue weighted by atomic mass is 35.5. The number of rotatable bonds is 6. The van der Waals surface area contributed by atoms with Crippen LogP contribution >= 0.6 is 11.6 Å². The first-order chi connectivity index (χ1) is 15.2. The van der Waals surface area contributed by atoms with Crippen molar-refractivity contribution < 1.29 is 17.6 Å². The number of imidazole rings is 1. The van der Waals surface area contributed by atoms with Crippen molar-refractivity contribution in [2.24, 2.45) is 0 Å². The van der Waals surface area contributed by atoms with Crippen LogP contribution in [-0.2, 0) is 0 Å². The van der Waals surface area contributed by atoms with Gasteiger partial charge in [0.2, 0.25) is 5.95 Å². The molecule has 0 spiro atoms. The molecule has 12 heteroatoms. The van der Waals surface area contributed by atoms with E-state index in [2.05, 4.69) is 24.7 Å². The van der Waals surface area contributed by atoms with Crippen molar-refractivity contribution in [3.63, 3.8) is 0 Å². The molecule has 0 radical (unpaired) electrons. The smallest absolute Gasteiger partial charge is 0.416 e. The number of anilines is 1. The predicted molar refractivity (Wildman–Crippen MR) is 110 cm³/mol. The van der Waals surface area contributed by atoms with Crippen LogP contribution in [0.15, 0.2) is 52.4 Å². The van der Waals surface area contributed by atoms with Gasteiger partial charge < -0.3 is 14.3 Å². The maximum atomic E-state index is 14.3. The number of aromatic nitrogens is 5. The van der Waals surface area contributed by atoms with E-state index in [9.17, 15) is 18.0 Å². The van der Waals surface area contributed by atoms with Crippen molar-refractivity contribution in [2.45, 2.75) is 26.1 Å². The van der Waals surface area contributed by atoms with Gasteiger partial charge in [-0.05, 0) is 32.0 Å². The van der Waals surface area contributed by atoms with Gasteiger partial charge in [0.15, 0.2) is 11.6 Å². The molecule has 0 aliphatic rings. The van der Waals surface area contributed by atoms with Crippen molar-refractivity contribution >= 4 is 17.5 Å². The summed E-state index contributed by atoms with van der Waals surface area (Å²) in [6.45, 7) is 2.91. The lowest BCUT2D eigenvalue weighted by molar-refractivity contribution is 0.359. The minimum absolute atomic E-state index is 0.0355. The van der Waals surface area contributed by atoms with Crippen molar-refractivity contribution in [1.82, 2.24) is 24.1 Å². The number of nitrogens with one attached hydrogen (secondary N) is 1. The molecule has 2 atom stereocenters. The zero-order valence-corrected chi connectivity index (χ0v) is 17.5. The number of oxazole rings is 1. The van der Waals surface area contributed by atoms with Gasteiger partial charge in [-0.3, -0.25) is 0 Å². The molecule has 4 aromatic rings. The first kappa shape index (κ1) is 21.6. The topological polar surface area (TPSA) is 90.8 Å². The van der Waals surface area contributed by atoms with E-state index in [1.54, 1.807) is 19.2 Å². The quantitative estimate of drug-likeness (QED) is 0.450. The number of nitrogens with zero attached hydrogens (tertiary/aromatic N) is 5. The Kier molecular flexibility index (Phi) is 5.74. The third-order valence-corrected chi connectivity index (χ3v) is 4.88. The maximum absolute atomic E-state index is 14.3. The monoisotopic (exact) mass is 464 g/mol. The van der Waals surface area contributed by atoms with E-state index < -0.39 is 35.4 Å². The van der Waals surface area contributed by atoms with Crippen LogP contribution in [0.3, 0.4) is 0 Å². The van der Waals surface area contributed by atoms with Crippen LogP contribution < -0.4 is 11.1 Å². The van der Waals surface area contributed by atoms with Crippen LogP contribution in [0.1, 0.15) is 37.4 Å². The van der Waals surface area contributed by atoms with Gasteiger partial charge in [-0.15, -0.1) is 0 Å². The summed E-state index contributed by atoms with van der Waals surface area (Å²) in [7, 11) is 0. The third kappa shape index (κ3) is 4.11. The highest BCUT2D eigenvalue weighted by molar-refractivity contribution is 6.30. The second-order valence-corrected chi connectivity index (χ2v) is 7.35. The summed E-state index contributed by atoms with van der Waals surface area (Å²) in [5.41, 5.74) is 0.579. The van der Waals surface area contributed by atoms with Gasteiger partial charge in [-0.2, -0.15) is 4.98 Å². The zero-order chi connectivity index (χ0) is 23.0. The molecule has 0 aliphatic carbocycles. The average Bonchev–Trinajstić information content (AvgIpc) is 3.37. The van der Waals surface area contributed by atoms with Gasteiger partial charge in [0.1, 0.15) is 23.9 Å². The maximum Gasteiger partial charge on any atom is 0.425 e. The molecule has 0 unspecified atom stereocenters. The second-order valence-electron chi connectivity index (χ2n) is 6.91. The molecule has 1 N–H and O–H groups in total. The summed E-state index contributed by atoms with van der Waals surface area (Å²) in [5.74, 6) is -2.92. The lowest BCUT2D eigenvalue weighted by Gasteiger charge is -2.13. The molecule has 0 aliphatic heterocycles. The fourth-order valence-electron chi connectivity index (χ4n) is 3.04. The lowest BCUT2D eigenvalue weighted by atomic mass is 10.2. The molecule has 0 amide bonds. The molecule has 0 fully saturated rings. The molecule has 0 bridgehead atoms. The SMILES string of the molecule is C[C@H](F)c1coc(=O)n1-c1nc(N[C@@H](C)c2cn(-c3ccc(Cl)cc3F)cn2)ncc1F. The molecule has 1 aromatic carbocycles. The highest BCUT2D eigenvalue weighted by Gasteiger charge is 2.21. The minimum atomic E-state index is -1.59. The molecule has 3 aromatic heterocycles. The number of halogens is 4.